The molecule has 4 nitrogen and oxygen atoms in total. The second-order valence-corrected chi connectivity index (χ2v) is 3.08. The van der Waals surface area contributed by atoms with E-state index in [4.69, 9.17) is 11.6 Å². The fraction of sp³-hybridized carbons (Fsp3) is 0. The van der Waals surface area contributed by atoms with E-state index < -0.39 is 11.9 Å². The molecule has 0 radical (unpaired) electrons. The van der Waals surface area contributed by atoms with E-state index in [0.717, 1.165) is 6.08 Å². The summed E-state index contributed by atoms with van der Waals surface area (Å²) in [7, 11) is 0. The topological polar surface area (TPSA) is 69.2 Å². The van der Waals surface area contributed by atoms with Gasteiger partial charge in [0.2, 0.25) is 5.91 Å². The van der Waals surface area contributed by atoms with Gasteiger partial charge in [0.1, 0.15) is 0 Å². The molecule has 0 bridgehead atoms. The van der Waals surface area contributed by atoms with Gasteiger partial charge in [-0.3, -0.25) is 4.79 Å². The number of rotatable bonds is 3. The van der Waals surface area contributed by atoms with Crippen LogP contribution in [0.3, 0.4) is 0 Å². The average molecular weight is 225 g/mol. The third-order valence-corrected chi connectivity index (χ3v) is 1.73. The Kier molecular flexibility index (Phi) is 3.88. The molecule has 0 heterocycles. The summed E-state index contributed by atoms with van der Waals surface area (Å²) in [6.45, 7) is 0. The first kappa shape index (κ1) is 11.3. The monoisotopic (exact) mass is 224 g/mol. The molecular weight excluding hydrogens is 218 g/mol. The Bertz CT molecular complexity index is 398. The van der Waals surface area contributed by atoms with E-state index >= 15 is 0 Å². The SMILES string of the molecule is O=C([O-])/C=C\C(=O)Nc1ccc(Cl)cc1. The van der Waals surface area contributed by atoms with Crippen LogP contribution in [0.5, 0.6) is 0 Å². The largest absolute Gasteiger partial charge is 0.545 e. The Morgan fingerprint density at radius 1 is 1.20 bits per heavy atom. The van der Waals surface area contributed by atoms with Crippen molar-refractivity contribution in [1.82, 2.24) is 0 Å². The summed E-state index contributed by atoms with van der Waals surface area (Å²) < 4.78 is 0. The molecule has 5 heteroatoms. The Balaban J connectivity index is 2.59. The number of carbonyl (C=O) groups excluding carboxylic acids is 2. The molecule has 0 aliphatic carbocycles. The van der Waals surface area contributed by atoms with E-state index in [-0.39, 0.29) is 0 Å². The maximum absolute atomic E-state index is 11.1. The summed E-state index contributed by atoms with van der Waals surface area (Å²) in [4.78, 5) is 21.1. The van der Waals surface area contributed by atoms with Gasteiger partial charge in [-0.25, -0.2) is 0 Å². The lowest BCUT2D eigenvalue weighted by Crippen LogP contribution is -2.20. The van der Waals surface area contributed by atoms with Gasteiger partial charge in [-0.05, 0) is 30.3 Å². The molecule has 0 fully saturated rings. The van der Waals surface area contributed by atoms with Crippen LogP contribution in [0.15, 0.2) is 36.4 Å². The summed E-state index contributed by atoms with van der Waals surface area (Å²) in [5, 5.41) is 13.0. The van der Waals surface area contributed by atoms with Crippen LogP contribution in [0, 0.1) is 0 Å². The minimum Gasteiger partial charge on any atom is -0.545 e. The Morgan fingerprint density at radius 3 is 2.33 bits per heavy atom. The molecule has 78 valence electrons. The number of nitrogens with one attached hydrogen (secondary N) is 1. The summed E-state index contributed by atoms with van der Waals surface area (Å²) in [5.74, 6) is -1.96. The second-order valence-electron chi connectivity index (χ2n) is 2.65. The van der Waals surface area contributed by atoms with Gasteiger partial charge in [0.15, 0.2) is 0 Å². The third kappa shape index (κ3) is 4.28. The molecule has 1 rings (SSSR count). The predicted molar refractivity (Wildman–Crippen MR) is 54.2 cm³/mol. The average Bonchev–Trinajstić information content (AvgIpc) is 2.19. The van der Waals surface area contributed by atoms with Crippen molar-refractivity contribution < 1.29 is 14.7 Å². The van der Waals surface area contributed by atoms with Crippen molar-refractivity contribution in [2.75, 3.05) is 5.32 Å². The van der Waals surface area contributed by atoms with Crippen LogP contribution in [0.1, 0.15) is 0 Å². The van der Waals surface area contributed by atoms with Crippen molar-refractivity contribution in [3.8, 4) is 0 Å². The minimum atomic E-state index is -1.42. The van der Waals surface area contributed by atoms with Crippen LogP contribution in [0.4, 0.5) is 5.69 Å². The molecule has 0 spiro atoms. The number of aliphatic carboxylic acids is 1. The molecule has 0 saturated carbocycles. The second kappa shape index (κ2) is 5.17. The number of amides is 1. The highest BCUT2D eigenvalue weighted by Gasteiger charge is 1.96. The molecule has 0 aromatic heterocycles. The molecule has 1 amide bonds. The number of hydrogen-bond acceptors (Lipinski definition) is 3. The first-order chi connectivity index (χ1) is 7.08. The number of hydrogen-bond donors (Lipinski definition) is 1. The highest BCUT2D eigenvalue weighted by molar-refractivity contribution is 6.30. The summed E-state index contributed by atoms with van der Waals surface area (Å²) >= 11 is 5.64. The molecule has 0 aliphatic rings. The number of carboxylic acid groups (broad SMARTS) is 1. The van der Waals surface area contributed by atoms with E-state index in [1.165, 1.54) is 0 Å². The Morgan fingerprint density at radius 2 is 1.80 bits per heavy atom. The maximum Gasteiger partial charge on any atom is 0.248 e. The zero-order chi connectivity index (χ0) is 11.3. The van der Waals surface area contributed by atoms with Crippen molar-refractivity contribution in [2.24, 2.45) is 0 Å². The molecule has 1 aromatic carbocycles. The molecule has 1 N–H and O–H groups in total. The third-order valence-electron chi connectivity index (χ3n) is 1.48. The zero-order valence-corrected chi connectivity index (χ0v) is 8.32. The van der Waals surface area contributed by atoms with E-state index in [0.29, 0.717) is 16.8 Å². The van der Waals surface area contributed by atoms with Gasteiger partial charge in [-0.15, -0.1) is 0 Å². The maximum atomic E-state index is 11.1. The first-order valence-electron chi connectivity index (χ1n) is 4.03. The number of benzene rings is 1. The standard InChI is InChI=1S/C10H8ClNO3/c11-7-1-3-8(4-2-7)12-9(13)5-6-10(14)15/h1-6H,(H,12,13)(H,14,15)/p-1/b6-5-. The van der Waals surface area contributed by atoms with Gasteiger partial charge in [0.25, 0.3) is 0 Å². The molecule has 0 unspecified atom stereocenters. The highest BCUT2D eigenvalue weighted by Crippen LogP contribution is 2.13. The van der Waals surface area contributed by atoms with Gasteiger partial charge in [-0.2, -0.15) is 0 Å². The molecule has 1 aromatic rings. The molecule has 0 aliphatic heterocycles. The predicted octanol–water partition coefficient (Wildman–Crippen LogP) is 0.585. The van der Waals surface area contributed by atoms with Crippen molar-refractivity contribution in [3.05, 3.63) is 41.4 Å². The van der Waals surface area contributed by atoms with E-state index in [1.807, 2.05) is 0 Å². The minimum absolute atomic E-state index is 0.535. The van der Waals surface area contributed by atoms with E-state index in [2.05, 4.69) is 5.32 Å². The smallest absolute Gasteiger partial charge is 0.248 e. The number of carboxylic acids is 1. The van der Waals surface area contributed by atoms with Gasteiger partial charge in [0, 0.05) is 16.8 Å². The van der Waals surface area contributed by atoms with Crippen LogP contribution in [0.25, 0.3) is 0 Å². The van der Waals surface area contributed by atoms with Gasteiger partial charge < -0.3 is 15.2 Å². The van der Waals surface area contributed by atoms with E-state index in [9.17, 15) is 14.7 Å². The van der Waals surface area contributed by atoms with Gasteiger partial charge in [0.05, 0.1) is 5.97 Å². The van der Waals surface area contributed by atoms with Crippen LogP contribution >= 0.6 is 11.6 Å². The summed E-state index contributed by atoms with van der Waals surface area (Å²) in [5.41, 5.74) is 0.535. The van der Waals surface area contributed by atoms with Crippen LogP contribution in [0.2, 0.25) is 5.02 Å². The first-order valence-corrected chi connectivity index (χ1v) is 4.41. The lowest BCUT2D eigenvalue weighted by atomic mass is 10.3. The molecular formula is C10H7ClNO3-. The molecule has 0 saturated heterocycles. The highest BCUT2D eigenvalue weighted by atomic mass is 35.5. The van der Waals surface area contributed by atoms with Crippen LogP contribution < -0.4 is 10.4 Å². The number of anilines is 1. The Hall–Kier alpha value is -1.81. The molecule has 15 heavy (non-hydrogen) atoms. The van der Waals surface area contributed by atoms with Crippen molar-refractivity contribution in [3.63, 3.8) is 0 Å². The van der Waals surface area contributed by atoms with E-state index in [1.54, 1.807) is 24.3 Å². The lowest BCUT2D eigenvalue weighted by molar-refractivity contribution is -0.297. The van der Waals surface area contributed by atoms with Crippen LogP contribution in [-0.4, -0.2) is 11.9 Å². The van der Waals surface area contributed by atoms with Crippen molar-refractivity contribution in [2.45, 2.75) is 0 Å². The Labute approximate surface area is 91.2 Å². The number of carbonyl (C=O) groups is 2. The van der Waals surface area contributed by atoms with Crippen molar-refractivity contribution >= 4 is 29.2 Å². The summed E-state index contributed by atoms with van der Waals surface area (Å²) in [6, 6.07) is 6.43. The fourth-order valence-electron chi connectivity index (χ4n) is 0.861. The van der Waals surface area contributed by atoms with Crippen molar-refractivity contribution in [1.29, 1.82) is 0 Å². The summed E-state index contributed by atoms with van der Waals surface area (Å²) in [6.07, 6.45) is 1.54. The quantitative estimate of drug-likeness (QED) is 0.764. The zero-order valence-electron chi connectivity index (χ0n) is 7.57. The normalized spacial score (nSPS) is 10.2. The lowest BCUT2D eigenvalue weighted by Gasteiger charge is -2.01. The van der Waals surface area contributed by atoms with Crippen LogP contribution in [-0.2, 0) is 9.59 Å². The molecule has 0 atom stereocenters. The fourth-order valence-corrected chi connectivity index (χ4v) is 0.987. The van der Waals surface area contributed by atoms with Gasteiger partial charge >= 0.3 is 0 Å². The van der Waals surface area contributed by atoms with Gasteiger partial charge in [-0.1, -0.05) is 11.6 Å². The number of halogens is 1.